The predicted octanol–water partition coefficient (Wildman–Crippen LogP) is 3.20. The largest absolute Gasteiger partial charge is 0.490 e. The fourth-order valence-electron chi connectivity index (χ4n) is 1.36. The smallest absolute Gasteiger partial charge is 0.168 e. The van der Waals surface area contributed by atoms with Gasteiger partial charge in [0.15, 0.2) is 11.6 Å². The van der Waals surface area contributed by atoms with Gasteiger partial charge >= 0.3 is 0 Å². The first-order chi connectivity index (χ1) is 7.56. The quantitative estimate of drug-likeness (QED) is 0.787. The normalized spacial score (nSPS) is 12.6. The second kappa shape index (κ2) is 5.80. The van der Waals surface area contributed by atoms with Crippen molar-refractivity contribution in [3.63, 3.8) is 0 Å². The van der Waals surface area contributed by atoms with Crippen LogP contribution in [0.5, 0.6) is 5.75 Å². The summed E-state index contributed by atoms with van der Waals surface area (Å²) in [5.41, 5.74) is 0.147. The van der Waals surface area contributed by atoms with Crippen LogP contribution in [0.25, 0.3) is 0 Å². The van der Waals surface area contributed by atoms with Crippen LogP contribution < -0.4 is 4.74 Å². The molecule has 0 fully saturated rings. The molecule has 0 amide bonds. The molecule has 0 aromatic heterocycles. The summed E-state index contributed by atoms with van der Waals surface area (Å²) < 4.78 is 31.6. The van der Waals surface area contributed by atoms with E-state index in [1.165, 1.54) is 6.92 Å². The first kappa shape index (κ1) is 12.9. The molecule has 1 N–H and O–H groups in total. The van der Waals surface area contributed by atoms with Gasteiger partial charge in [-0.1, -0.05) is 13.3 Å². The maximum atomic E-state index is 13.4. The van der Waals surface area contributed by atoms with Crippen molar-refractivity contribution in [2.45, 2.75) is 32.8 Å². The Labute approximate surface area is 93.9 Å². The van der Waals surface area contributed by atoms with Crippen LogP contribution in [0.15, 0.2) is 12.1 Å². The Hall–Kier alpha value is -1.16. The van der Waals surface area contributed by atoms with E-state index >= 15 is 0 Å². The Morgan fingerprint density at radius 3 is 2.62 bits per heavy atom. The number of hydrogen-bond acceptors (Lipinski definition) is 2. The lowest BCUT2D eigenvalue weighted by molar-refractivity contribution is 0.188. The molecule has 0 aliphatic heterocycles. The highest BCUT2D eigenvalue weighted by Crippen LogP contribution is 2.29. The number of benzene rings is 1. The highest BCUT2D eigenvalue weighted by atomic mass is 19.1. The number of aliphatic hydroxyl groups excluding tert-OH is 1. The molecule has 0 saturated carbocycles. The highest BCUT2D eigenvalue weighted by Gasteiger charge is 2.16. The van der Waals surface area contributed by atoms with E-state index in [1.54, 1.807) is 0 Å². The number of halogens is 2. The van der Waals surface area contributed by atoms with Crippen LogP contribution >= 0.6 is 0 Å². The highest BCUT2D eigenvalue weighted by molar-refractivity contribution is 5.37. The Morgan fingerprint density at radius 2 is 2.06 bits per heavy atom. The van der Waals surface area contributed by atoms with Gasteiger partial charge < -0.3 is 9.84 Å². The van der Waals surface area contributed by atoms with Crippen molar-refractivity contribution in [3.8, 4) is 5.75 Å². The third-order valence-electron chi connectivity index (χ3n) is 2.23. The monoisotopic (exact) mass is 230 g/mol. The average Bonchev–Trinajstić information content (AvgIpc) is 2.20. The Bertz CT molecular complexity index is 351. The molecule has 16 heavy (non-hydrogen) atoms. The number of unbranched alkanes of at least 4 members (excludes halogenated alkanes) is 1. The molecule has 0 saturated heterocycles. The molecule has 1 atom stereocenters. The van der Waals surface area contributed by atoms with Crippen molar-refractivity contribution >= 4 is 0 Å². The van der Waals surface area contributed by atoms with Gasteiger partial charge in [0.2, 0.25) is 0 Å². The van der Waals surface area contributed by atoms with Crippen LogP contribution in [0, 0.1) is 11.6 Å². The number of ether oxygens (including phenoxy) is 1. The molecular weight excluding hydrogens is 214 g/mol. The lowest BCUT2D eigenvalue weighted by atomic mass is 10.1. The van der Waals surface area contributed by atoms with Gasteiger partial charge in [0.25, 0.3) is 0 Å². The number of rotatable bonds is 5. The Morgan fingerprint density at radius 1 is 1.38 bits per heavy atom. The van der Waals surface area contributed by atoms with E-state index in [1.807, 2.05) is 6.92 Å². The van der Waals surface area contributed by atoms with E-state index in [-0.39, 0.29) is 11.3 Å². The summed E-state index contributed by atoms with van der Waals surface area (Å²) in [6, 6.07) is 1.85. The molecule has 2 nitrogen and oxygen atoms in total. The molecule has 1 unspecified atom stereocenters. The molecule has 90 valence electrons. The molecule has 0 spiro atoms. The maximum Gasteiger partial charge on any atom is 0.168 e. The summed E-state index contributed by atoms with van der Waals surface area (Å²) in [6.07, 6.45) is 0.755. The van der Waals surface area contributed by atoms with Crippen molar-refractivity contribution in [3.05, 3.63) is 29.3 Å². The molecule has 0 bridgehead atoms. The van der Waals surface area contributed by atoms with Crippen LogP contribution in [0.4, 0.5) is 8.78 Å². The number of hydrogen-bond donors (Lipinski definition) is 1. The molecule has 1 aromatic rings. The molecular formula is C12H16F2O2. The first-order valence-electron chi connectivity index (χ1n) is 5.36. The molecule has 1 aromatic carbocycles. The fraction of sp³-hybridized carbons (Fsp3) is 0.500. The van der Waals surface area contributed by atoms with Gasteiger partial charge in [-0.25, -0.2) is 8.78 Å². The van der Waals surface area contributed by atoms with Crippen molar-refractivity contribution in [1.82, 2.24) is 0 Å². The van der Waals surface area contributed by atoms with Crippen LogP contribution in [0.2, 0.25) is 0 Å². The van der Waals surface area contributed by atoms with Gasteiger partial charge in [-0.05, 0) is 19.4 Å². The first-order valence-corrected chi connectivity index (χ1v) is 5.36. The summed E-state index contributed by atoms with van der Waals surface area (Å²) in [6.45, 7) is 3.79. The van der Waals surface area contributed by atoms with E-state index in [0.29, 0.717) is 6.61 Å². The molecule has 4 heteroatoms. The fourth-order valence-corrected chi connectivity index (χ4v) is 1.36. The van der Waals surface area contributed by atoms with E-state index in [4.69, 9.17) is 4.74 Å². The summed E-state index contributed by atoms with van der Waals surface area (Å²) in [4.78, 5) is 0. The van der Waals surface area contributed by atoms with Crippen LogP contribution in [0.1, 0.15) is 38.4 Å². The third kappa shape index (κ3) is 3.17. The molecule has 0 radical (unpaired) electrons. The van der Waals surface area contributed by atoms with E-state index in [0.717, 1.165) is 25.0 Å². The number of aliphatic hydroxyl groups is 1. The van der Waals surface area contributed by atoms with Gasteiger partial charge in [0.1, 0.15) is 5.82 Å². The Kier molecular flexibility index (Phi) is 4.68. The summed E-state index contributed by atoms with van der Waals surface area (Å²) in [7, 11) is 0. The lowest BCUT2D eigenvalue weighted by Crippen LogP contribution is -2.05. The van der Waals surface area contributed by atoms with Crippen molar-refractivity contribution in [1.29, 1.82) is 0 Å². The summed E-state index contributed by atoms with van der Waals surface area (Å²) in [5.74, 6) is -1.53. The van der Waals surface area contributed by atoms with Gasteiger partial charge in [0.05, 0.1) is 12.7 Å². The summed E-state index contributed by atoms with van der Waals surface area (Å²) in [5, 5.41) is 9.40. The maximum absolute atomic E-state index is 13.4. The van der Waals surface area contributed by atoms with E-state index in [9.17, 15) is 13.9 Å². The minimum atomic E-state index is -0.957. The predicted molar refractivity (Wildman–Crippen MR) is 57.4 cm³/mol. The second-order valence-corrected chi connectivity index (χ2v) is 3.68. The summed E-state index contributed by atoms with van der Waals surface area (Å²) >= 11 is 0. The molecule has 0 heterocycles. The third-order valence-corrected chi connectivity index (χ3v) is 2.23. The standard InChI is InChI=1S/C12H16F2O2/c1-3-4-5-16-12-10(8(2)15)6-9(13)7-11(12)14/h6-8,15H,3-5H2,1-2H3. The van der Waals surface area contributed by atoms with E-state index < -0.39 is 17.7 Å². The zero-order valence-corrected chi connectivity index (χ0v) is 9.46. The molecule has 0 aliphatic rings. The average molecular weight is 230 g/mol. The Balaban J connectivity index is 2.95. The lowest BCUT2D eigenvalue weighted by Gasteiger charge is -2.14. The SMILES string of the molecule is CCCCOc1c(F)cc(F)cc1C(C)O. The molecule has 1 rings (SSSR count). The van der Waals surface area contributed by atoms with Gasteiger partial charge in [-0.2, -0.15) is 0 Å². The zero-order valence-electron chi connectivity index (χ0n) is 9.46. The van der Waals surface area contributed by atoms with Crippen molar-refractivity contribution in [2.24, 2.45) is 0 Å². The minimum Gasteiger partial charge on any atom is -0.490 e. The molecule has 0 aliphatic carbocycles. The zero-order chi connectivity index (χ0) is 12.1. The van der Waals surface area contributed by atoms with E-state index in [2.05, 4.69) is 0 Å². The minimum absolute atomic E-state index is 0.0511. The van der Waals surface area contributed by atoms with Crippen LogP contribution in [0.3, 0.4) is 0 Å². The second-order valence-electron chi connectivity index (χ2n) is 3.68. The van der Waals surface area contributed by atoms with Crippen molar-refractivity contribution in [2.75, 3.05) is 6.61 Å². The van der Waals surface area contributed by atoms with Gasteiger partial charge in [0, 0.05) is 11.6 Å². The topological polar surface area (TPSA) is 29.5 Å². The van der Waals surface area contributed by atoms with Crippen molar-refractivity contribution < 1.29 is 18.6 Å². The van der Waals surface area contributed by atoms with Crippen LogP contribution in [-0.2, 0) is 0 Å². The van der Waals surface area contributed by atoms with Gasteiger partial charge in [-0.3, -0.25) is 0 Å². The van der Waals surface area contributed by atoms with Gasteiger partial charge in [-0.15, -0.1) is 0 Å². The van der Waals surface area contributed by atoms with Crippen LogP contribution in [-0.4, -0.2) is 11.7 Å².